The molecule has 0 bridgehead atoms. The summed E-state index contributed by atoms with van der Waals surface area (Å²) in [4.78, 5) is 0. The van der Waals surface area contributed by atoms with E-state index >= 15 is 0 Å². The van der Waals surface area contributed by atoms with Crippen molar-refractivity contribution in [1.82, 2.24) is 0 Å². The summed E-state index contributed by atoms with van der Waals surface area (Å²) < 4.78 is 3.19. The van der Waals surface area contributed by atoms with Crippen molar-refractivity contribution >= 4 is 23.7 Å². The van der Waals surface area contributed by atoms with Crippen LogP contribution in [0, 0.1) is 0 Å². The summed E-state index contributed by atoms with van der Waals surface area (Å²) in [5.74, 6) is 0. The minimum absolute atomic E-state index is 0. The molecule has 0 aromatic carbocycles. The van der Waals surface area contributed by atoms with Crippen LogP contribution < -0.4 is 0 Å². The number of hydrogen-bond acceptors (Lipinski definition) is 1. The van der Waals surface area contributed by atoms with Crippen LogP contribution in [0.1, 0.15) is 0 Å². The van der Waals surface area contributed by atoms with Gasteiger partial charge in [-0.05, 0) is 0 Å². The van der Waals surface area contributed by atoms with Gasteiger partial charge in [0.25, 0.3) is 0 Å². The van der Waals surface area contributed by atoms with Crippen LogP contribution in [0.2, 0.25) is 0 Å². The van der Waals surface area contributed by atoms with Gasteiger partial charge in [0, 0.05) is 26.2 Å². The fraction of sp³-hybridized carbons (Fsp3) is 0. The molecule has 0 rings (SSSR count). The summed E-state index contributed by atoms with van der Waals surface area (Å²) in [6.45, 7) is 0. The van der Waals surface area contributed by atoms with Gasteiger partial charge in [0.15, 0.2) is 0 Å². The Morgan fingerprint density at radius 1 is 1.20 bits per heavy atom. The number of hydrogen-bond donors (Lipinski definition) is 0. The van der Waals surface area contributed by atoms with E-state index in [9.17, 15) is 0 Å². The van der Waals surface area contributed by atoms with Gasteiger partial charge in [-0.1, -0.05) is 0 Å². The fourth-order valence-electron chi connectivity index (χ4n) is 0. The van der Waals surface area contributed by atoms with E-state index in [0.717, 1.165) is 0 Å². The molecule has 0 fully saturated rings. The fourth-order valence-corrected chi connectivity index (χ4v) is 0. The Balaban J connectivity index is -0.0000000200. The minimum Gasteiger partial charge on any atom is -0.269 e. The first-order chi connectivity index (χ1) is 1.41. The van der Waals surface area contributed by atoms with Crippen molar-refractivity contribution in [2.75, 3.05) is 0 Å². The molecule has 0 saturated heterocycles. The Bertz CT molecular complexity index is 9.61. The zero-order valence-electron chi connectivity index (χ0n) is 2.07. The molecular formula is HCl2FOZr. The molecule has 0 aliphatic heterocycles. The third-order valence-electron chi connectivity index (χ3n) is 0. The van der Waals surface area contributed by atoms with Gasteiger partial charge >= 0.3 is 0 Å². The molecule has 0 aliphatic rings. The summed E-state index contributed by atoms with van der Waals surface area (Å²) in [5.41, 5.74) is 0. The third kappa shape index (κ3) is 32.9. The van der Waals surface area contributed by atoms with Crippen molar-refractivity contribution in [2.24, 2.45) is 0 Å². The second kappa shape index (κ2) is 18.3. The zero-order valence-corrected chi connectivity index (χ0v) is 6.04. The van der Waals surface area contributed by atoms with E-state index in [1.54, 1.807) is 0 Å². The SMILES string of the molecule is ClOCl.F.[Zr]. The first kappa shape index (κ1) is 16.2. The zero-order chi connectivity index (χ0) is 2.71. The molecule has 0 spiro atoms. The molecule has 5 heteroatoms. The van der Waals surface area contributed by atoms with Gasteiger partial charge in [0.05, 0.1) is 23.7 Å². The van der Waals surface area contributed by atoms with Crippen LogP contribution in [0.3, 0.4) is 0 Å². The van der Waals surface area contributed by atoms with E-state index in [0.29, 0.717) is 0 Å². The molecule has 0 N–H and O–H groups in total. The Morgan fingerprint density at radius 2 is 1.20 bits per heavy atom. The van der Waals surface area contributed by atoms with Crippen molar-refractivity contribution in [3.63, 3.8) is 0 Å². The molecule has 0 unspecified atom stereocenters. The molecular weight excluding hydrogens is 197 g/mol. The van der Waals surface area contributed by atoms with E-state index in [1.807, 2.05) is 0 Å². The van der Waals surface area contributed by atoms with Gasteiger partial charge < -0.3 is 0 Å². The van der Waals surface area contributed by atoms with E-state index in [-0.39, 0.29) is 30.9 Å². The topological polar surface area (TPSA) is 9.23 Å². The molecule has 0 radical (unpaired) electrons. The maximum atomic E-state index is 4.26. The summed E-state index contributed by atoms with van der Waals surface area (Å²) in [6.07, 6.45) is 0. The number of rotatable bonds is 0. The van der Waals surface area contributed by atoms with Crippen molar-refractivity contribution in [2.45, 2.75) is 0 Å². The normalized spacial score (nSPS) is 3.60. The largest absolute Gasteiger partial charge is 0.269 e. The Labute approximate surface area is 58.4 Å². The first-order valence-corrected chi connectivity index (χ1v) is 0.926. The summed E-state index contributed by atoms with van der Waals surface area (Å²) in [7, 11) is 0. The van der Waals surface area contributed by atoms with Crippen LogP contribution in [0.5, 0.6) is 0 Å². The molecule has 32 valence electrons. The molecule has 0 aliphatic carbocycles. The van der Waals surface area contributed by atoms with Crippen molar-refractivity contribution in [1.29, 1.82) is 0 Å². The second-order valence-corrected chi connectivity index (χ2v) is 0.525. The monoisotopic (exact) mass is 196 g/mol. The van der Waals surface area contributed by atoms with Crippen LogP contribution in [-0.2, 0) is 30.0 Å². The Morgan fingerprint density at radius 3 is 1.20 bits per heavy atom. The summed E-state index contributed by atoms with van der Waals surface area (Å²) in [5, 5.41) is 0. The Kier molecular flexibility index (Phi) is 59.3. The van der Waals surface area contributed by atoms with Gasteiger partial charge in [0.2, 0.25) is 0 Å². The molecule has 0 heterocycles. The molecule has 5 heavy (non-hydrogen) atoms. The van der Waals surface area contributed by atoms with E-state index in [4.69, 9.17) is 0 Å². The molecule has 0 aromatic rings. The van der Waals surface area contributed by atoms with E-state index in [1.165, 1.54) is 0 Å². The average molecular weight is 198 g/mol. The summed E-state index contributed by atoms with van der Waals surface area (Å²) in [6, 6.07) is 0. The van der Waals surface area contributed by atoms with Crippen LogP contribution in [0.25, 0.3) is 0 Å². The predicted molar refractivity (Wildman–Crippen MR) is 15.3 cm³/mol. The predicted octanol–water partition coefficient (Wildman–Crippen LogP) is 1.46. The molecule has 0 saturated carbocycles. The molecule has 1 nitrogen and oxygen atoms in total. The molecule has 0 amide bonds. The smallest absolute Gasteiger partial charge is 0.0832 e. The van der Waals surface area contributed by atoms with Crippen LogP contribution in [0.4, 0.5) is 4.70 Å². The van der Waals surface area contributed by atoms with Crippen molar-refractivity contribution < 1.29 is 34.7 Å². The van der Waals surface area contributed by atoms with Crippen molar-refractivity contribution in [3.8, 4) is 0 Å². The van der Waals surface area contributed by atoms with Gasteiger partial charge in [-0.25, -0.2) is 0 Å². The van der Waals surface area contributed by atoms with E-state index < -0.39 is 0 Å². The van der Waals surface area contributed by atoms with Crippen LogP contribution in [0.15, 0.2) is 0 Å². The minimum atomic E-state index is 0. The summed E-state index contributed by atoms with van der Waals surface area (Å²) >= 11 is 8.53. The van der Waals surface area contributed by atoms with Crippen LogP contribution >= 0.6 is 23.7 Å². The molecule has 0 aromatic heterocycles. The second-order valence-electron chi connectivity index (χ2n) is 0.0583. The first-order valence-electron chi connectivity index (χ1n) is 0.309. The maximum absolute atomic E-state index is 4.26. The quantitative estimate of drug-likeness (QED) is 0.572. The van der Waals surface area contributed by atoms with Gasteiger partial charge in [-0.3, -0.25) is 4.70 Å². The maximum Gasteiger partial charge on any atom is 0.0832 e. The average Bonchev–Trinajstić information content (AvgIpc) is 0.918. The van der Waals surface area contributed by atoms with E-state index in [2.05, 4.69) is 27.6 Å². The van der Waals surface area contributed by atoms with Gasteiger partial charge in [-0.15, -0.1) is 0 Å². The van der Waals surface area contributed by atoms with Crippen molar-refractivity contribution in [3.05, 3.63) is 0 Å². The third-order valence-corrected chi connectivity index (χ3v) is 0. The number of halogens is 3. The molecule has 0 atom stereocenters. The van der Waals surface area contributed by atoms with Gasteiger partial charge in [0.1, 0.15) is 0 Å². The Hall–Kier alpha value is 1.35. The van der Waals surface area contributed by atoms with Crippen LogP contribution in [-0.4, -0.2) is 0 Å². The van der Waals surface area contributed by atoms with Gasteiger partial charge in [-0.2, -0.15) is 3.84 Å². The standard InChI is InChI=1S/Cl2O.FH.Zr/c1-3-2;;/h;1H;.